The van der Waals surface area contributed by atoms with E-state index in [9.17, 15) is 19.7 Å². The van der Waals surface area contributed by atoms with Crippen LogP contribution in [0.1, 0.15) is 29.9 Å². The molecule has 0 radical (unpaired) electrons. The molecule has 1 heterocycles. The van der Waals surface area contributed by atoms with Gasteiger partial charge in [-0.15, -0.1) is 0 Å². The molecule has 11 heteroatoms. The summed E-state index contributed by atoms with van der Waals surface area (Å²) in [5, 5.41) is 18.3. The van der Waals surface area contributed by atoms with Gasteiger partial charge in [0, 0.05) is 23.4 Å². The van der Waals surface area contributed by atoms with Crippen LogP contribution in [0.2, 0.25) is 10.0 Å². The highest BCUT2D eigenvalue weighted by Crippen LogP contribution is 2.21. The number of aromatic nitrogens is 1. The van der Waals surface area contributed by atoms with Crippen LogP contribution in [-0.4, -0.2) is 33.6 Å². The lowest BCUT2D eigenvalue weighted by Gasteiger charge is -2.20. The average Bonchev–Trinajstić information content (AvgIpc) is 3.25. The van der Waals surface area contributed by atoms with Crippen LogP contribution in [0.15, 0.2) is 65.9 Å². The fraction of sp³-hybridized carbons (Fsp3) is 0.174. The number of carbonyl (C=O) groups is 2. The first kappa shape index (κ1) is 24.9. The van der Waals surface area contributed by atoms with Crippen molar-refractivity contribution >= 4 is 46.9 Å². The molecule has 0 bridgehead atoms. The number of amides is 2. The van der Waals surface area contributed by atoms with Crippen LogP contribution >= 0.6 is 23.2 Å². The van der Waals surface area contributed by atoms with E-state index in [-0.39, 0.29) is 22.2 Å². The SMILES string of the molecule is CC(C)C(NC(=O)c1ccc(Cl)cc1Cl)C(=O)N/N=C\c1cccn1-c1cccc([N+](=O)[O-])c1. The van der Waals surface area contributed by atoms with Crippen molar-refractivity contribution < 1.29 is 14.5 Å². The second kappa shape index (κ2) is 11.0. The number of nitro groups is 1. The van der Waals surface area contributed by atoms with Gasteiger partial charge in [0.25, 0.3) is 17.5 Å². The maximum absolute atomic E-state index is 12.7. The smallest absolute Gasteiger partial charge is 0.271 e. The Kier molecular flexibility index (Phi) is 8.04. The number of nitrogens with zero attached hydrogens (tertiary/aromatic N) is 3. The molecule has 1 aromatic heterocycles. The first-order valence-electron chi connectivity index (χ1n) is 10.2. The van der Waals surface area contributed by atoms with Crippen LogP contribution in [0.25, 0.3) is 5.69 Å². The normalized spacial score (nSPS) is 12.0. The van der Waals surface area contributed by atoms with Gasteiger partial charge in [-0.3, -0.25) is 19.7 Å². The number of nitro benzene ring substituents is 1. The highest BCUT2D eigenvalue weighted by Gasteiger charge is 2.25. The molecule has 176 valence electrons. The summed E-state index contributed by atoms with van der Waals surface area (Å²) in [4.78, 5) is 35.9. The molecule has 3 rings (SSSR count). The standard InChI is InChI=1S/C23H21Cl2N5O4/c1-14(2)21(27-22(31)19-9-8-15(24)11-20(19)25)23(32)28-26-13-18-7-4-10-29(18)16-5-3-6-17(12-16)30(33)34/h3-14,21H,1-2H3,(H,27,31)(H,28,32)/b26-13-. The van der Waals surface area contributed by atoms with Gasteiger partial charge in [0.1, 0.15) is 6.04 Å². The minimum absolute atomic E-state index is 0.0429. The summed E-state index contributed by atoms with van der Waals surface area (Å²) in [6.07, 6.45) is 3.13. The lowest BCUT2D eigenvalue weighted by Crippen LogP contribution is -2.48. The number of hydrazone groups is 1. The van der Waals surface area contributed by atoms with Gasteiger partial charge < -0.3 is 9.88 Å². The average molecular weight is 502 g/mol. The third-order valence-electron chi connectivity index (χ3n) is 4.88. The van der Waals surface area contributed by atoms with Gasteiger partial charge in [0.15, 0.2) is 0 Å². The Bertz CT molecular complexity index is 1260. The van der Waals surface area contributed by atoms with Gasteiger partial charge >= 0.3 is 0 Å². The summed E-state index contributed by atoms with van der Waals surface area (Å²) >= 11 is 12.0. The summed E-state index contributed by atoms with van der Waals surface area (Å²) in [6.45, 7) is 3.57. The number of rotatable bonds is 8. The molecule has 0 saturated carbocycles. The molecule has 9 nitrogen and oxygen atoms in total. The molecular formula is C23H21Cl2N5O4. The molecule has 34 heavy (non-hydrogen) atoms. The number of hydrogen-bond acceptors (Lipinski definition) is 5. The van der Waals surface area contributed by atoms with Crippen LogP contribution < -0.4 is 10.7 Å². The lowest BCUT2D eigenvalue weighted by atomic mass is 10.0. The van der Waals surface area contributed by atoms with Crippen molar-refractivity contribution in [2.24, 2.45) is 11.0 Å². The van der Waals surface area contributed by atoms with Crippen LogP contribution in [0.3, 0.4) is 0 Å². The number of benzene rings is 2. The molecule has 0 spiro atoms. The molecule has 1 unspecified atom stereocenters. The van der Waals surface area contributed by atoms with Crippen LogP contribution in [0, 0.1) is 16.0 Å². The number of carbonyl (C=O) groups excluding carboxylic acids is 2. The van der Waals surface area contributed by atoms with Gasteiger partial charge in [-0.05, 0) is 42.3 Å². The van der Waals surface area contributed by atoms with Crippen molar-refractivity contribution in [2.75, 3.05) is 0 Å². The predicted octanol–water partition coefficient (Wildman–Crippen LogP) is 4.60. The van der Waals surface area contributed by atoms with E-state index in [1.165, 1.54) is 36.5 Å². The van der Waals surface area contributed by atoms with E-state index in [4.69, 9.17) is 23.2 Å². The molecule has 0 saturated heterocycles. The topological polar surface area (TPSA) is 119 Å². The molecule has 2 N–H and O–H groups in total. The molecule has 3 aromatic rings. The fourth-order valence-corrected chi connectivity index (χ4v) is 3.64. The fourth-order valence-electron chi connectivity index (χ4n) is 3.15. The van der Waals surface area contributed by atoms with Crippen molar-refractivity contribution in [1.29, 1.82) is 0 Å². The maximum Gasteiger partial charge on any atom is 0.271 e. The van der Waals surface area contributed by atoms with Gasteiger partial charge in [-0.25, -0.2) is 5.43 Å². The van der Waals surface area contributed by atoms with E-state index >= 15 is 0 Å². The Morgan fingerprint density at radius 3 is 2.56 bits per heavy atom. The summed E-state index contributed by atoms with van der Waals surface area (Å²) in [5.41, 5.74) is 3.74. The van der Waals surface area contributed by atoms with Gasteiger partial charge in [0.2, 0.25) is 0 Å². The molecule has 0 aliphatic carbocycles. The molecule has 0 aliphatic rings. The largest absolute Gasteiger partial charge is 0.340 e. The van der Waals surface area contributed by atoms with E-state index in [2.05, 4.69) is 15.8 Å². The summed E-state index contributed by atoms with van der Waals surface area (Å²) in [5.74, 6) is -1.27. The van der Waals surface area contributed by atoms with Crippen LogP contribution in [0.5, 0.6) is 0 Å². The molecule has 0 aliphatic heterocycles. The number of hydrogen-bond donors (Lipinski definition) is 2. The Labute approximate surface area is 205 Å². The Morgan fingerprint density at radius 1 is 1.12 bits per heavy atom. The van der Waals surface area contributed by atoms with E-state index < -0.39 is 22.8 Å². The lowest BCUT2D eigenvalue weighted by molar-refractivity contribution is -0.384. The number of nitrogens with one attached hydrogen (secondary N) is 2. The number of non-ortho nitro benzene ring substituents is 1. The first-order chi connectivity index (χ1) is 16.2. The van der Waals surface area contributed by atoms with E-state index in [0.29, 0.717) is 16.4 Å². The van der Waals surface area contributed by atoms with Gasteiger partial charge in [0.05, 0.1) is 33.1 Å². The van der Waals surface area contributed by atoms with Crippen molar-refractivity contribution in [3.8, 4) is 5.69 Å². The third kappa shape index (κ3) is 6.00. The monoisotopic (exact) mass is 501 g/mol. The van der Waals surface area contributed by atoms with Crippen LogP contribution in [-0.2, 0) is 4.79 Å². The molecular weight excluding hydrogens is 481 g/mol. The second-order valence-corrected chi connectivity index (χ2v) is 8.48. The molecule has 2 amide bonds. The first-order valence-corrected chi connectivity index (χ1v) is 10.9. The molecule has 0 fully saturated rings. The highest BCUT2D eigenvalue weighted by molar-refractivity contribution is 6.36. The zero-order chi connectivity index (χ0) is 24.8. The van der Waals surface area contributed by atoms with E-state index in [0.717, 1.165) is 0 Å². The number of halogens is 2. The Hall–Kier alpha value is -3.69. The van der Waals surface area contributed by atoms with E-state index in [1.54, 1.807) is 48.9 Å². The van der Waals surface area contributed by atoms with Crippen LogP contribution in [0.4, 0.5) is 5.69 Å². The minimum Gasteiger partial charge on any atom is -0.340 e. The van der Waals surface area contributed by atoms with Crippen molar-refractivity contribution in [3.63, 3.8) is 0 Å². The quantitative estimate of drug-likeness (QED) is 0.266. The van der Waals surface area contributed by atoms with E-state index in [1.807, 2.05) is 0 Å². The highest BCUT2D eigenvalue weighted by atomic mass is 35.5. The second-order valence-electron chi connectivity index (χ2n) is 7.63. The van der Waals surface area contributed by atoms with Crippen molar-refractivity contribution in [2.45, 2.75) is 19.9 Å². The summed E-state index contributed by atoms with van der Waals surface area (Å²) < 4.78 is 1.69. The zero-order valence-corrected chi connectivity index (χ0v) is 19.7. The predicted molar refractivity (Wildman–Crippen MR) is 131 cm³/mol. The Morgan fingerprint density at radius 2 is 1.88 bits per heavy atom. The Balaban J connectivity index is 1.71. The minimum atomic E-state index is -0.875. The van der Waals surface area contributed by atoms with Gasteiger partial charge in [-0.2, -0.15) is 5.10 Å². The third-order valence-corrected chi connectivity index (χ3v) is 5.43. The molecule has 2 aromatic carbocycles. The zero-order valence-electron chi connectivity index (χ0n) is 18.2. The van der Waals surface area contributed by atoms with Gasteiger partial charge in [-0.1, -0.05) is 43.1 Å². The van der Waals surface area contributed by atoms with Crippen molar-refractivity contribution in [3.05, 3.63) is 92.2 Å². The summed E-state index contributed by atoms with van der Waals surface area (Å²) in [6, 6.07) is 13.2. The molecule has 1 atom stereocenters. The maximum atomic E-state index is 12.7. The summed E-state index contributed by atoms with van der Waals surface area (Å²) in [7, 11) is 0. The van der Waals surface area contributed by atoms with Crippen molar-refractivity contribution in [1.82, 2.24) is 15.3 Å².